The van der Waals surface area contributed by atoms with E-state index in [1.807, 2.05) is 49.4 Å². The van der Waals surface area contributed by atoms with Crippen LogP contribution in [-0.2, 0) is 0 Å². The van der Waals surface area contributed by atoms with Gasteiger partial charge in [0.05, 0.1) is 5.69 Å². The highest BCUT2D eigenvalue weighted by molar-refractivity contribution is 9.10. The summed E-state index contributed by atoms with van der Waals surface area (Å²) in [7, 11) is 0. The molecular formula is C15H11BrClN3. The van der Waals surface area contributed by atoms with Crippen LogP contribution >= 0.6 is 27.5 Å². The minimum absolute atomic E-state index is 0.411. The van der Waals surface area contributed by atoms with Crippen molar-refractivity contribution in [2.75, 3.05) is 5.32 Å². The average Bonchev–Trinajstić information content (AvgIpc) is 2.45. The van der Waals surface area contributed by atoms with Gasteiger partial charge in [0, 0.05) is 15.2 Å². The molecule has 0 aliphatic carbocycles. The molecule has 1 N–H and O–H groups in total. The van der Waals surface area contributed by atoms with Crippen LogP contribution in [0.4, 0.5) is 11.5 Å². The van der Waals surface area contributed by atoms with Crippen LogP contribution in [0, 0.1) is 6.92 Å². The lowest BCUT2D eigenvalue weighted by atomic mass is 10.2. The minimum Gasteiger partial charge on any atom is -0.337 e. The SMILES string of the molecule is Cc1ccc(Nc2nnc(Cl)c3ccccc23)c(Br)c1. The molecule has 0 radical (unpaired) electrons. The molecule has 0 bridgehead atoms. The molecule has 0 fully saturated rings. The van der Waals surface area contributed by atoms with E-state index < -0.39 is 0 Å². The number of aromatic nitrogens is 2. The molecule has 0 saturated carbocycles. The van der Waals surface area contributed by atoms with Crippen molar-refractivity contribution in [3.8, 4) is 0 Å². The topological polar surface area (TPSA) is 37.8 Å². The van der Waals surface area contributed by atoms with E-state index in [4.69, 9.17) is 11.6 Å². The van der Waals surface area contributed by atoms with Gasteiger partial charge in [0.25, 0.3) is 0 Å². The number of benzene rings is 2. The van der Waals surface area contributed by atoms with Crippen molar-refractivity contribution in [3.63, 3.8) is 0 Å². The van der Waals surface area contributed by atoms with Crippen LogP contribution in [0.25, 0.3) is 10.8 Å². The number of anilines is 2. The molecule has 0 saturated heterocycles. The lowest BCUT2D eigenvalue weighted by Gasteiger charge is -2.10. The Bertz CT molecular complexity index is 789. The van der Waals surface area contributed by atoms with Gasteiger partial charge in [0.15, 0.2) is 11.0 Å². The Morgan fingerprint density at radius 2 is 1.80 bits per heavy atom. The monoisotopic (exact) mass is 347 g/mol. The number of hydrogen-bond donors (Lipinski definition) is 1. The first-order valence-electron chi connectivity index (χ1n) is 6.09. The number of nitrogens with zero attached hydrogens (tertiary/aromatic N) is 2. The van der Waals surface area contributed by atoms with E-state index in [9.17, 15) is 0 Å². The second-order valence-electron chi connectivity index (χ2n) is 4.49. The van der Waals surface area contributed by atoms with E-state index in [0.717, 1.165) is 20.9 Å². The summed E-state index contributed by atoms with van der Waals surface area (Å²) in [6, 6.07) is 13.9. The summed E-state index contributed by atoms with van der Waals surface area (Å²) in [4.78, 5) is 0. The van der Waals surface area contributed by atoms with Crippen molar-refractivity contribution in [1.82, 2.24) is 10.2 Å². The molecule has 1 heterocycles. The third-order valence-corrected chi connectivity index (χ3v) is 3.96. The fourth-order valence-electron chi connectivity index (χ4n) is 2.01. The molecule has 100 valence electrons. The highest BCUT2D eigenvalue weighted by atomic mass is 79.9. The molecule has 20 heavy (non-hydrogen) atoms. The van der Waals surface area contributed by atoms with Crippen LogP contribution in [0.5, 0.6) is 0 Å². The van der Waals surface area contributed by atoms with Gasteiger partial charge in [0.2, 0.25) is 0 Å². The van der Waals surface area contributed by atoms with Crippen molar-refractivity contribution < 1.29 is 0 Å². The van der Waals surface area contributed by atoms with Crippen LogP contribution in [-0.4, -0.2) is 10.2 Å². The van der Waals surface area contributed by atoms with Gasteiger partial charge in [-0.2, -0.15) is 0 Å². The first kappa shape index (κ1) is 13.3. The summed E-state index contributed by atoms with van der Waals surface area (Å²) in [5, 5.41) is 13.7. The van der Waals surface area contributed by atoms with E-state index in [2.05, 4.69) is 31.4 Å². The molecule has 0 amide bonds. The van der Waals surface area contributed by atoms with Crippen LogP contribution in [0.15, 0.2) is 46.9 Å². The maximum Gasteiger partial charge on any atom is 0.161 e. The summed E-state index contributed by atoms with van der Waals surface area (Å²) in [6.45, 7) is 2.05. The van der Waals surface area contributed by atoms with Gasteiger partial charge >= 0.3 is 0 Å². The Hall–Kier alpha value is -1.65. The second-order valence-corrected chi connectivity index (χ2v) is 5.71. The van der Waals surface area contributed by atoms with Gasteiger partial charge in [-0.25, -0.2) is 0 Å². The molecule has 0 spiro atoms. The standard InChI is InChI=1S/C15H11BrClN3/c1-9-6-7-13(12(16)8-9)18-15-11-5-3-2-4-10(11)14(17)19-20-15/h2-8H,1H3,(H,18,20). The number of rotatable bonds is 2. The van der Waals surface area contributed by atoms with Gasteiger partial charge < -0.3 is 5.32 Å². The smallest absolute Gasteiger partial charge is 0.161 e. The van der Waals surface area contributed by atoms with Crippen LogP contribution in [0.3, 0.4) is 0 Å². The number of halogens is 2. The quantitative estimate of drug-likeness (QED) is 0.700. The van der Waals surface area contributed by atoms with Crippen molar-refractivity contribution in [3.05, 3.63) is 57.7 Å². The molecule has 2 aromatic carbocycles. The maximum atomic E-state index is 6.07. The fraction of sp³-hybridized carbons (Fsp3) is 0.0667. The summed E-state index contributed by atoms with van der Waals surface area (Å²) < 4.78 is 0.985. The number of hydrogen-bond acceptors (Lipinski definition) is 3. The van der Waals surface area contributed by atoms with Crippen molar-refractivity contribution in [2.45, 2.75) is 6.92 Å². The Labute approximate surface area is 130 Å². The van der Waals surface area contributed by atoms with Crippen molar-refractivity contribution in [1.29, 1.82) is 0 Å². The van der Waals surface area contributed by atoms with Crippen LogP contribution in [0.2, 0.25) is 5.15 Å². The Morgan fingerprint density at radius 1 is 1.05 bits per heavy atom. The van der Waals surface area contributed by atoms with E-state index in [1.54, 1.807) is 0 Å². The molecule has 0 aliphatic heterocycles. The Morgan fingerprint density at radius 3 is 2.55 bits per heavy atom. The average molecular weight is 349 g/mol. The maximum absolute atomic E-state index is 6.07. The van der Waals surface area contributed by atoms with E-state index in [1.165, 1.54) is 5.56 Å². The van der Waals surface area contributed by atoms with E-state index in [-0.39, 0.29) is 0 Å². The number of nitrogens with one attached hydrogen (secondary N) is 1. The number of fused-ring (bicyclic) bond motifs is 1. The molecule has 0 atom stereocenters. The zero-order chi connectivity index (χ0) is 14.1. The minimum atomic E-state index is 0.411. The molecule has 3 rings (SSSR count). The predicted molar refractivity (Wildman–Crippen MR) is 86.7 cm³/mol. The summed E-state index contributed by atoms with van der Waals surface area (Å²) in [5.74, 6) is 0.689. The molecule has 1 aromatic heterocycles. The summed E-state index contributed by atoms with van der Waals surface area (Å²) >= 11 is 9.62. The molecule has 5 heteroatoms. The normalized spacial score (nSPS) is 10.8. The molecule has 0 unspecified atom stereocenters. The van der Waals surface area contributed by atoms with Crippen LogP contribution < -0.4 is 5.32 Å². The predicted octanol–water partition coefficient (Wildman–Crippen LogP) is 5.10. The molecule has 3 aromatic rings. The highest BCUT2D eigenvalue weighted by Gasteiger charge is 2.09. The third-order valence-electron chi connectivity index (χ3n) is 3.02. The van der Waals surface area contributed by atoms with E-state index >= 15 is 0 Å². The number of aryl methyl sites for hydroxylation is 1. The highest BCUT2D eigenvalue weighted by Crippen LogP contribution is 2.31. The first-order chi connectivity index (χ1) is 9.65. The largest absolute Gasteiger partial charge is 0.337 e. The summed E-state index contributed by atoms with van der Waals surface area (Å²) in [5.41, 5.74) is 2.13. The second kappa shape index (κ2) is 5.38. The van der Waals surface area contributed by atoms with Crippen LogP contribution in [0.1, 0.15) is 5.56 Å². The third kappa shape index (κ3) is 2.49. The summed E-state index contributed by atoms with van der Waals surface area (Å²) in [6.07, 6.45) is 0. The zero-order valence-electron chi connectivity index (χ0n) is 10.7. The van der Waals surface area contributed by atoms with Gasteiger partial charge in [-0.3, -0.25) is 0 Å². The van der Waals surface area contributed by atoms with E-state index in [0.29, 0.717) is 11.0 Å². The van der Waals surface area contributed by atoms with Crippen molar-refractivity contribution in [2.24, 2.45) is 0 Å². The first-order valence-corrected chi connectivity index (χ1v) is 7.26. The Balaban J connectivity index is 2.09. The molecular weight excluding hydrogens is 338 g/mol. The van der Waals surface area contributed by atoms with Gasteiger partial charge in [-0.1, -0.05) is 41.9 Å². The molecule has 3 nitrogen and oxygen atoms in total. The molecule has 0 aliphatic rings. The van der Waals surface area contributed by atoms with Gasteiger partial charge in [-0.15, -0.1) is 10.2 Å². The Kier molecular flexibility index (Phi) is 3.59. The lowest BCUT2D eigenvalue weighted by Crippen LogP contribution is -1.98. The lowest BCUT2D eigenvalue weighted by molar-refractivity contribution is 1.05. The van der Waals surface area contributed by atoms with Gasteiger partial charge in [-0.05, 0) is 40.5 Å². The van der Waals surface area contributed by atoms with Gasteiger partial charge in [0.1, 0.15) is 0 Å². The van der Waals surface area contributed by atoms with Crippen molar-refractivity contribution >= 4 is 49.8 Å². The zero-order valence-corrected chi connectivity index (χ0v) is 13.0. The fourth-order valence-corrected chi connectivity index (χ4v) is 2.81.